The number of nitrogens with one attached hydrogen (secondary N) is 1. The molecule has 2 heterocycles. The maximum absolute atomic E-state index is 12.2. The summed E-state index contributed by atoms with van der Waals surface area (Å²) in [6.45, 7) is 1.94. The van der Waals surface area contributed by atoms with Crippen molar-refractivity contribution in [2.24, 2.45) is 0 Å². The minimum absolute atomic E-state index is 0.206. The van der Waals surface area contributed by atoms with Gasteiger partial charge in [0.2, 0.25) is 0 Å². The minimum atomic E-state index is -0.206. The molecule has 0 unspecified atom stereocenters. The predicted molar refractivity (Wildman–Crippen MR) is 80.1 cm³/mol. The number of nitrogen functional groups attached to an aromatic ring is 1. The second-order valence-corrected chi connectivity index (χ2v) is 5.34. The van der Waals surface area contributed by atoms with Crippen molar-refractivity contribution in [2.45, 2.75) is 13.3 Å². The Morgan fingerprint density at radius 3 is 3.10 bits per heavy atom. The number of fused-ring (bicyclic) bond motifs is 1. The van der Waals surface area contributed by atoms with Crippen molar-refractivity contribution in [3.63, 3.8) is 0 Å². The van der Waals surface area contributed by atoms with Gasteiger partial charge < -0.3 is 10.2 Å². The molecule has 0 spiro atoms. The molecule has 1 aromatic carbocycles. The van der Waals surface area contributed by atoms with Crippen LogP contribution in [-0.2, 0) is 6.42 Å². The molecule has 20 heavy (non-hydrogen) atoms. The van der Waals surface area contributed by atoms with Crippen LogP contribution in [0.25, 0.3) is 10.2 Å². The molecule has 2 aromatic heterocycles. The Bertz CT molecular complexity index is 776. The summed E-state index contributed by atoms with van der Waals surface area (Å²) in [5.74, 6) is 0.468. The molecular weight excluding hydrogens is 274 g/mol. The average Bonchev–Trinajstić information content (AvgIpc) is 3.03. The first-order valence-corrected chi connectivity index (χ1v) is 7.03. The van der Waals surface area contributed by atoms with Crippen LogP contribution >= 0.6 is 11.3 Å². The van der Waals surface area contributed by atoms with Gasteiger partial charge in [-0.3, -0.25) is 10.1 Å². The number of thiazole rings is 1. The Morgan fingerprint density at radius 2 is 2.30 bits per heavy atom. The lowest BCUT2D eigenvalue weighted by molar-refractivity contribution is 0.102. The molecule has 0 saturated heterocycles. The number of carbonyl (C=O) groups is 1. The van der Waals surface area contributed by atoms with Crippen LogP contribution in [0.1, 0.15) is 23.0 Å². The van der Waals surface area contributed by atoms with E-state index in [1.165, 1.54) is 17.6 Å². The third-order valence-corrected chi connectivity index (χ3v) is 3.88. The molecule has 3 aromatic rings. The maximum Gasteiger partial charge on any atom is 0.260 e. The SMILES string of the molecule is CCc1occc1C(=O)Nc1nc2ccc(N)cc2s1. The Balaban J connectivity index is 1.87. The summed E-state index contributed by atoms with van der Waals surface area (Å²) in [7, 11) is 0. The average molecular weight is 287 g/mol. The molecular formula is C14H13N3O2S. The summed E-state index contributed by atoms with van der Waals surface area (Å²) in [6.07, 6.45) is 2.19. The molecule has 0 saturated carbocycles. The van der Waals surface area contributed by atoms with E-state index in [1.54, 1.807) is 12.1 Å². The summed E-state index contributed by atoms with van der Waals surface area (Å²) >= 11 is 1.40. The van der Waals surface area contributed by atoms with Crippen LogP contribution in [0, 0.1) is 0 Å². The number of hydrogen-bond acceptors (Lipinski definition) is 5. The number of rotatable bonds is 3. The van der Waals surface area contributed by atoms with Crippen molar-refractivity contribution in [1.82, 2.24) is 4.98 Å². The Kier molecular flexibility index (Phi) is 3.15. The van der Waals surface area contributed by atoms with Gasteiger partial charge in [-0.15, -0.1) is 0 Å². The molecule has 0 radical (unpaired) electrons. The van der Waals surface area contributed by atoms with E-state index in [2.05, 4.69) is 10.3 Å². The highest BCUT2D eigenvalue weighted by atomic mass is 32.1. The number of amides is 1. The first kappa shape index (κ1) is 12.7. The van der Waals surface area contributed by atoms with Crippen LogP contribution in [0.3, 0.4) is 0 Å². The second kappa shape index (κ2) is 4.97. The van der Waals surface area contributed by atoms with E-state index in [9.17, 15) is 4.79 Å². The van der Waals surface area contributed by atoms with Crippen molar-refractivity contribution < 1.29 is 9.21 Å². The number of benzene rings is 1. The fourth-order valence-electron chi connectivity index (χ4n) is 1.98. The smallest absolute Gasteiger partial charge is 0.260 e. The molecule has 1 amide bonds. The van der Waals surface area contributed by atoms with Crippen molar-refractivity contribution in [3.8, 4) is 0 Å². The number of anilines is 2. The fraction of sp³-hybridized carbons (Fsp3) is 0.143. The summed E-state index contributed by atoms with van der Waals surface area (Å²) in [4.78, 5) is 16.5. The lowest BCUT2D eigenvalue weighted by Gasteiger charge is -2.00. The van der Waals surface area contributed by atoms with Gasteiger partial charge in [-0.05, 0) is 24.3 Å². The van der Waals surface area contributed by atoms with E-state index in [0.717, 1.165) is 10.2 Å². The highest BCUT2D eigenvalue weighted by molar-refractivity contribution is 7.22. The zero-order valence-corrected chi connectivity index (χ0v) is 11.7. The van der Waals surface area contributed by atoms with Crippen molar-refractivity contribution in [3.05, 3.63) is 41.9 Å². The lowest BCUT2D eigenvalue weighted by Crippen LogP contribution is -2.12. The van der Waals surface area contributed by atoms with Crippen molar-refractivity contribution in [2.75, 3.05) is 11.1 Å². The molecule has 3 rings (SSSR count). The number of carbonyl (C=O) groups excluding carboxylic acids is 1. The molecule has 102 valence electrons. The molecule has 3 N–H and O–H groups in total. The minimum Gasteiger partial charge on any atom is -0.469 e. The fourth-order valence-corrected chi connectivity index (χ4v) is 2.89. The number of nitrogens with zero attached hydrogens (tertiary/aromatic N) is 1. The highest BCUT2D eigenvalue weighted by Gasteiger charge is 2.15. The van der Waals surface area contributed by atoms with Crippen LogP contribution in [0.15, 0.2) is 34.9 Å². The van der Waals surface area contributed by atoms with E-state index < -0.39 is 0 Å². The topological polar surface area (TPSA) is 81.2 Å². The summed E-state index contributed by atoms with van der Waals surface area (Å²) in [5.41, 5.74) is 7.78. The number of aryl methyl sites for hydroxylation is 1. The molecule has 0 atom stereocenters. The predicted octanol–water partition coefficient (Wildman–Crippen LogP) is 3.29. The molecule has 0 fully saturated rings. The van der Waals surface area contributed by atoms with E-state index >= 15 is 0 Å². The summed E-state index contributed by atoms with van der Waals surface area (Å²) in [6, 6.07) is 7.14. The first-order chi connectivity index (χ1) is 9.67. The highest BCUT2D eigenvalue weighted by Crippen LogP contribution is 2.28. The van der Waals surface area contributed by atoms with E-state index in [0.29, 0.717) is 28.6 Å². The van der Waals surface area contributed by atoms with Gasteiger partial charge in [-0.1, -0.05) is 18.3 Å². The monoisotopic (exact) mass is 287 g/mol. The number of nitrogens with two attached hydrogens (primary N) is 1. The molecule has 0 aliphatic carbocycles. The normalized spacial score (nSPS) is 10.8. The molecule has 0 bridgehead atoms. The van der Waals surface area contributed by atoms with Gasteiger partial charge in [0.25, 0.3) is 5.91 Å². The third kappa shape index (κ3) is 2.25. The Hall–Kier alpha value is -2.34. The zero-order valence-electron chi connectivity index (χ0n) is 10.8. The largest absolute Gasteiger partial charge is 0.469 e. The maximum atomic E-state index is 12.2. The standard InChI is InChI=1S/C14H13N3O2S/c1-2-11-9(5-6-19-11)13(18)17-14-16-10-4-3-8(15)7-12(10)20-14/h3-7H,2,15H2,1H3,(H,16,17,18). The van der Waals surface area contributed by atoms with E-state index in [4.69, 9.17) is 10.2 Å². The summed E-state index contributed by atoms with van der Waals surface area (Å²) < 4.78 is 6.20. The van der Waals surface area contributed by atoms with Crippen LogP contribution < -0.4 is 11.1 Å². The van der Waals surface area contributed by atoms with Crippen LogP contribution in [0.4, 0.5) is 10.8 Å². The van der Waals surface area contributed by atoms with E-state index in [-0.39, 0.29) is 5.91 Å². The van der Waals surface area contributed by atoms with Crippen LogP contribution in [0.2, 0.25) is 0 Å². The molecule has 0 aliphatic rings. The van der Waals surface area contributed by atoms with Gasteiger partial charge in [0.05, 0.1) is 22.0 Å². The Morgan fingerprint density at radius 1 is 1.45 bits per heavy atom. The van der Waals surface area contributed by atoms with Gasteiger partial charge >= 0.3 is 0 Å². The first-order valence-electron chi connectivity index (χ1n) is 6.21. The summed E-state index contributed by atoms with van der Waals surface area (Å²) in [5, 5.41) is 3.35. The van der Waals surface area contributed by atoms with Gasteiger partial charge in [0.15, 0.2) is 5.13 Å². The number of aromatic nitrogens is 1. The molecule has 6 heteroatoms. The van der Waals surface area contributed by atoms with Gasteiger partial charge in [-0.25, -0.2) is 4.98 Å². The molecule has 0 aliphatic heterocycles. The molecule has 5 nitrogen and oxygen atoms in total. The Labute approximate surface area is 119 Å². The van der Waals surface area contributed by atoms with Crippen LogP contribution in [0.5, 0.6) is 0 Å². The number of furan rings is 1. The van der Waals surface area contributed by atoms with Gasteiger partial charge in [0, 0.05) is 12.1 Å². The quantitative estimate of drug-likeness (QED) is 0.724. The third-order valence-electron chi connectivity index (χ3n) is 2.94. The van der Waals surface area contributed by atoms with E-state index in [1.807, 2.05) is 19.1 Å². The lowest BCUT2D eigenvalue weighted by atomic mass is 10.2. The van der Waals surface area contributed by atoms with Crippen LogP contribution in [-0.4, -0.2) is 10.9 Å². The van der Waals surface area contributed by atoms with Gasteiger partial charge in [0.1, 0.15) is 5.76 Å². The van der Waals surface area contributed by atoms with Gasteiger partial charge in [-0.2, -0.15) is 0 Å². The van der Waals surface area contributed by atoms with Crippen molar-refractivity contribution in [1.29, 1.82) is 0 Å². The van der Waals surface area contributed by atoms with Crippen molar-refractivity contribution >= 4 is 38.3 Å². The second-order valence-electron chi connectivity index (χ2n) is 4.31. The zero-order chi connectivity index (χ0) is 14.1. The number of hydrogen-bond donors (Lipinski definition) is 2.